The molecule has 2 rings (SSSR count). The van der Waals surface area contributed by atoms with Crippen LogP contribution in [0.25, 0.3) is 0 Å². The van der Waals surface area contributed by atoms with Crippen LogP contribution >= 0.6 is 15.9 Å². The number of halogens is 2. The summed E-state index contributed by atoms with van der Waals surface area (Å²) in [5, 5.41) is 11.8. The van der Waals surface area contributed by atoms with E-state index in [9.17, 15) is 4.39 Å². The number of hydrogen-bond donors (Lipinski definition) is 1. The van der Waals surface area contributed by atoms with Gasteiger partial charge in [-0.25, -0.2) is 4.39 Å². The molecule has 0 heterocycles. The first-order valence-corrected chi connectivity index (χ1v) is 6.12. The lowest BCUT2D eigenvalue weighted by atomic mass is 10.1. The van der Waals surface area contributed by atoms with Gasteiger partial charge in [0.25, 0.3) is 0 Å². The molecule has 4 heteroatoms. The first-order valence-electron chi connectivity index (χ1n) is 5.33. The first kappa shape index (κ1) is 12.6. The minimum absolute atomic E-state index is 0.309. The van der Waals surface area contributed by atoms with E-state index in [0.29, 0.717) is 15.7 Å². The van der Waals surface area contributed by atoms with Gasteiger partial charge in [-0.1, -0.05) is 0 Å². The highest BCUT2D eigenvalue weighted by Gasteiger charge is 2.05. The van der Waals surface area contributed by atoms with Gasteiger partial charge in [-0.3, -0.25) is 0 Å². The number of nitrogens with one attached hydrogen (secondary N) is 1. The van der Waals surface area contributed by atoms with Crippen molar-refractivity contribution in [3.8, 4) is 6.07 Å². The maximum Gasteiger partial charge on any atom is 0.139 e. The zero-order valence-electron chi connectivity index (χ0n) is 9.67. The smallest absolute Gasteiger partial charge is 0.139 e. The van der Waals surface area contributed by atoms with E-state index in [2.05, 4.69) is 27.3 Å². The summed E-state index contributed by atoms with van der Waals surface area (Å²) in [6, 6.07) is 12.2. The molecule has 0 radical (unpaired) electrons. The van der Waals surface area contributed by atoms with E-state index in [1.165, 1.54) is 6.07 Å². The molecular formula is C14H10BrFN2. The van der Waals surface area contributed by atoms with E-state index in [-0.39, 0.29) is 5.82 Å². The van der Waals surface area contributed by atoms with Crippen molar-refractivity contribution in [3.63, 3.8) is 0 Å². The highest BCUT2D eigenvalue weighted by atomic mass is 79.9. The Kier molecular flexibility index (Phi) is 3.63. The highest BCUT2D eigenvalue weighted by Crippen LogP contribution is 2.26. The Balaban J connectivity index is 2.28. The fourth-order valence-corrected chi connectivity index (χ4v) is 2.02. The number of hydrogen-bond acceptors (Lipinski definition) is 2. The second-order valence-corrected chi connectivity index (χ2v) is 4.75. The van der Waals surface area contributed by atoms with Gasteiger partial charge >= 0.3 is 0 Å². The standard InChI is InChI=1S/C14H10BrFN2/c1-9-6-12(15)13(16)7-14(9)18-11-4-2-10(8-17)3-5-11/h2-7,18H,1H3. The van der Waals surface area contributed by atoms with Crippen LogP contribution < -0.4 is 5.32 Å². The zero-order chi connectivity index (χ0) is 13.1. The van der Waals surface area contributed by atoms with Crippen molar-refractivity contribution in [2.75, 3.05) is 5.32 Å². The number of anilines is 2. The van der Waals surface area contributed by atoms with Gasteiger partial charge in [0.05, 0.1) is 16.1 Å². The Morgan fingerprint density at radius 1 is 1.22 bits per heavy atom. The number of nitriles is 1. The average Bonchev–Trinajstić information content (AvgIpc) is 2.37. The first-order chi connectivity index (χ1) is 8.60. The summed E-state index contributed by atoms with van der Waals surface area (Å²) in [7, 11) is 0. The third-order valence-corrected chi connectivity index (χ3v) is 3.17. The summed E-state index contributed by atoms with van der Waals surface area (Å²) in [5.41, 5.74) is 3.06. The molecule has 0 aromatic heterocycles. The fourth-order valence-electron chi connectivity index (χ4n) is 1.56. The molecule has 0 amide bonds. The molecule has 2 aromatic rings. The van der Waals surface area contributed by atoms with Gasteiger partial charge in [0, 0.05) is 11.4 Å². The van der Waals surface area contributed by atoms with Crippen LogP contribution in [0.5, 0.6) is 0 Å². The summed E-state index contributed by atoms with van der Waals surface area (Å²) < 4.78 is 13.9. The molecule has 18 heavy (non-hydrogen) atoms. The molecule has 0 bridgehead atoms. The van der Waals surface area contributed by atoms with Crippen molar-refractivity contribution < 1.29 is 4.39 Å². The van der Waals surface area contributed by atoms with E-state index >= 15 is 0 Å². The van der Waals surface area contributed by atoms with E-state index < -0.39 is 0 Å². The Morgan fingerprint density at radius 2 is 1.89 bits per heavy atom. The third-order valence-electron chi connectivity index (χ3n) is 2.56. The normalized spacial score (nSPS) is 9.89. The summed E-state index contributed by atoms with van der Waals surface area (Å²) in [5.74, 6) is -0.309. The van der Waals surface area contributed by atoms with Crippen molar-refractivity contribution in [2.45, 2.75) is 6.92 Å². The Labute approximate surface area is 113 Å². The lowest BCUT2D eigenvalue weighted by Crippen LogP contribution is -1.94. The van der Waals surface area contributed by atoms with Crippen molar-refractivity contribution in [1.82, 2.24) is 0 Å². The van der Waals surface area contributed by atoms with Gasteiger partial charge in [-0.2, -0.15) is 5.26 Å². The maximum atomic E-state index is 13.5. The van der Waals surface area contributed by atoms with E-state index in [1.54, 1.807) is 30.3 Å². The lowest BCUT2D eigenvalue weighted by Gasteiger charge is -2.10. The van der Waals surface area contributed by atoms with Crippen LogP contribution in [0.15, 0.2) is 40.9 Å². The van der Waals surface area contributed by atoms with Crippen molar-refractivity contribution in [1.29, 1.82) is 5.26 Å². The molecule has 0 atom stereocenters. The summed E-state index contributed by atoms with van der Waals surface area (Å²) in [4.78, 5) is 0. The molecule has 90 valence electrons. The van der Waals surface area contributed by atoms with Crippen LogP contribution in [0.1, 0.15) is 11.1 Å². The van der Waals surface area contributed by atoms with Crippen molar-refractivity contribution in [3.05, 3.63) is 57.8 Å². The van der Waals surface area contributed by atoms with Gasteiger partial charge < -0.3 is 5.32 Å². The summed E-state index contributed by atoms with van der Waals surface area (Å²) in [6.07, 6.45) is 0. The van der Waals surface area contributed by atoms with E-state index in [0.717, 1.165) is 11.3 Å². The Bertz CT molecular complexity index is 615. The maximum absolute atomic E-state index is 13.5. The SMILES string of the molecule is Cc1cc(Br)c(F)cc1Nc1ccc(C#N)cc1. The predicted octanol–water partition coefficient (Wildman–Crippen LogP) is 4.51. The van der Waals surface area contributed by atoms with E-state index in [1.807, 2.05) is 6.92 Å². The van der Waals surface area contributed by atoms with Crippen molar-refractivity contribution in [2.24, 2.45) is 0 Å². The molecule has 1 N–H and O–H groups in total. The average molecular weight is 305 g/mol. The summed E-state index contributed by atoms with van der Waals surface area (Å²) >= 11 is 3.15. The highest BCUT2D eigenvalue weighted by molar-refractivity contribution is 9.10. The van der Waals surface area contributed by atoms with Crippen LogP contribution in [-0.4, -0.2) is 0 Å². The molecule has 0 spiro atoms. The van der Waals surface area contributed by atoms with Gasteiger partial charge in [-0.15, -0.1) is 0 Å². The van der Waals surface area contributed by atoms with Crippen molar-refractivity contribution >= 4 is 27.3 Å². The molecule has 0 aliphatic heterocycles. The third kappa shape index (κ3) is 2.69. The Morgan fingerprint density at radius 3 is 2.50 bits per heavy atom. The number of benzene rings is 2. The van der Waals surface area contributed by atoms with Gasteiger partial charge in [0.1, 0.15) is 5.82 Å². The van der Waals surface area contributed by atoms with Crippen LogP contribution in [-0.2, 0) is 0 Å². The molecule has 0 fully saturated rings. The molecule has 2 nitrogen and oxygen atoms in total. The number of aryl methyl sites for hydroxylation is 1. The number of nitrogens with zero attached hydrogens (tertiary/aromatic N) is 1. The van der Waals surface area contributed by atoms with Gasteiger partial charge in [0.2, 0.25) is 0 Å². The second kappa shape index (κ2) is 5.19. The van der Waals surface area contributed by atoms with Crippen LogP contribution in [0.3, 0.4) is 0 Å². The molecular weight excluding hydrogens is 295 g/mol. The molecule has 0 aliphatic rings. The van der Waals surface area contributed by atoms with Crippen LogP contribution in [0.4, 0.5) is 15.8 Å². The lowest BCUT2D eigenvalue weighted by molar-refractivity contribution is 0.621. The predicted molar refractivity (Wildman–Crippen MR) is 73.3 cm³/mol. The Hall–Kier alpha value is -1.86. The number of rotatable bonds is 2. The van der Waals surface area contributed by atoms with Gasteiger partial charge in [0.15, 0.2) is 0 Å². The topological polar surface area (TPSA) is 35.8 Å². The molecule has 0 saturated carbocycles. The summed E-state index contributed by atoms with van der Waals surface area (Å²) in [6.45, 7) is 1.90. The monoisotopic (exact) mass is 304 g/mol. The van der Waals surface area contributed by atoms with Crippen LogP contribution in [0.2, 0.25) is 0 Å². The minimum atomic E-state index is -0.309. The quantitative estimate of drug-likeness (QED) is 0.886. The zero-order valence-corrected chi connectivity index (χ0v) is 11.3. The molecule has 0 unspecified atom stereocenters. The molecule has 0 aliphatic carbocycles. The van der Waals surface area contributed by atoms with E-state index in [4.69, 9.17) is 5.26 Å². The molecule has 2 aromatic carbocycles. The largest absolute Gasteiger partial charge is 0.355 e. The molecule has 0 saturated heterocycles. The van der Waals surface area contributed by atoms with Crippen LogP contribution in [0, 0.1) is 24.1 Å². The van der Waals surface area contributed by atoms with Gasteiger partial charge in [-0.05, 0) is 64.8 Å². The minimum Gasteiger partial charge on any atom is -0.355 e. The second-order valence-electron chi connectivity index (χ2n) is 3.90. The fraction of sp³-hybridized carbons (Fsp3) is 0.0714.